The summed E-state index contributed by atoms with van der Waals surface area (Å²) in [5.41, 5.74) is 10.5. The standard InChI is InChI=1S/C42H28N4O/c1-42(2)31-18-11-17-28-29-21-23-35-36(30-16-9-10-19-34(30)47-35)38(29)46(37(28)31)33-22-20-27(24-32(33)42)41-44-39(25-12-5-3-6-13-25)43-40(45-41)26-14-7-4-8-15-26/h3-24H,1-2H3. The van der Waals surface area contributed by atoms with Crippen LogP contribution in [0, 0.1) is 0 Å². The summed E-state index contributed by atoms with van der Waals surface area (Å²) in [6, 6.07) is 46.4. The molecule has 3 aromatic heterocycles. The van der Waals surface area contributed by atoms with Crippen molar-refractivity contribution in [3.63, 3.8) is 0 Å². The van der Waals surface area contributed by atoms with Crippen molar-refractivity contribution in [1.29, 1.82) is 0 Å². The average molecular weight is 605 g/mol. The second kappa shape index (κ2) is 9.47. The van der Waals surface area contributed by atoms with Gasteiger partial charge in [-0.15, -0.1) is 0 Å². The number of nitrogens with zero attached hydrogens (tertiary/aromatic N) is 4. The molecule has 0 saturated carbocycles. The molecule has 47 heavy (non-hydrogen) atoms. The Balaban J connectivity index is 1.26. The van der Waals surface area contributed by atoms with E-state index in [1.54, 1.807) is 0 Å². The summed E-state index contributed by atoms with van der Waals surface area (Å²) in [6.45, 7) is 4.65. The maximum absolute atomic E-state index is 6.37. The highest BCUT2D eigenvalue weighted by Crippen LogP contribution is 2.50. The molecular formula is C42H28N4O. The summed E-state index contributed by atoms with van der Waals surface area (Å²) < 4.78 is 8.83. The fourth-order valence-electron chi connectivity index (χ4n) is 7.56. The number of aromatic nitrogens is 4. The van der Waals surface area contributed by atoms with Crippen molar-refractivity contribution >= 4 is 43.7 Å². The number of hydrogen-bond acceptors (Lipinski definition) is 4. The topological polar surface area (TPSA) is 56.7 Å². The molecule has 1 aliphatic rings. The molecule has 0 amide bonds. The molecule has 222 valence electrons. The van der Waals surface area contributed by atoms with E-state index >= 15 is 0 Å². The molecule has 5 heteroatoms. The van der Waals surface area contributed by atoms with Crippen molar-refractivity contribution in [2.24, 2.45) is 0 Å². The number of rotatable bonds is 3. The van der Waals surface area contributed by atoms with Crippen LogP contribution < -0.4 is 0 Å². The first-order valence-corrected chi connectivity index (χ1v) is 16.0. The Kier molecular flexibility index (Phi) is 5.28. The number of fused-ring (bicyclic) bond motifs is 9. The summed E-state index contributed by atoms with van der Waals surface area (Å²) in [4.78, 5) is 15.0. The monoisotopic (exact) mass is 604 g/mol. The van der Waals surface area contributed by atoms with E-state index < -0.39 is 0 Å². The smallest absolute Gasteiger partial charge is 0.164 e. The predicted octanol–water partition coefficient (Wildman–Crippen LogP) is 10.5. The van der Waals surface area contributed by atoms with Crippen LogP contribution in [0.1, 0.15) is 25.0 Å². The maximum Gasteiger partial charge on any atom is 0.164 e. The van der Waals surface area contributed by atoms with Crippen LogP contribution in [0.15, 0.2) is 138 Å². The normalized spacial score (nSPS) is 13.5. The zero-order chi connectivity index (χ0) is 31.3. The van der Waals surface area contributed by atoms with E-state index in [1.807, 2.05) is 66.7 Å². The van der Waals surface area contributed by atoms with E-state index in [-0.39, 0.29) is 5.41 Å². The van der Waals surface area contributed by atoms with Gasteiger partial charge in [-0.05, 0) is 47.5 Å². The minimum Gasteiger partial charge on any atom is -0.456 e. The summed E-state index contributed by atoms with van der Waals surface area (Å²) >= 11 is 0. The van der Waals surface area contributed by atoms with Crippen molar-refractivity contribution in [1.82, 2.24) is 19.5 Å². The largest absolute Gasteiger partial charge is 0.456 e. The molecule has 0 aliphatic carbocycles. The van der Waals surface area contributed by atoms with Crippen molar-refractivity contribution in [3.05, 3.63) is 145 Å². The van der Waals surface area contributed by atoms with E-state index in [9.17, 15) is 0 Å². The molecule has 0 fully saturated rings. The van der Waals surface area contributed by atoms with Gasteiger partial charge in [0.15, 0.2) is 17.5 Å². The van der Waals surface area contributed by atoms with E-state index in [0.717, 1.165) is 44.3 Å². The van der Waals surface area contributed by atoms with Crippen LogP contribution in [0.5, 0.6) is 0 Å². The zero-order valence-corrected chi connectivity index (χ0v) is 25.9. The van der Waals surface area contributed by atoms with E-state index in [1.165, 1.54) is 32.9 Å². The van der Waals surface area contributed by atoms with Crippen LogP contribution in [0.3, 0.4) is 0 Å². The first-order valence-electron chi connectivity index (χ1n) is 16.0. The molecule has 1 aliphatic heterocycles. The molecule has 5 nitrogen and oxygen atoms in total. The summed E-state index contributed by atoms with van der Waals surface area (Å²) in [6.07, 6.45) is 0. The van der Waals surface area contributed by atoms with Gasteiger partial charge < -0.3 is 8.98 Å². The molecule has 10 rings (SSSR count). The van der Waals surface area contributed by atoms with Gasteiger partial charge in [-0.3, -0.25) is 0 Å². The second-order valence-electron chi connectivity index (χ2n) is 12.9. The van der Waals surface area contributed by atoms with Crippen LogP contribution in [-0.4, -0.2) is 19.5 Å². The van der Waals surface area contributed by atoms with Crippen LogP contribution >= 0.6 is 0 Å². The Labute approximate surface area is 270 Å². The van der Waals surface area contributed by atoms with Crippen molar-refractivity contribution in [2.75, 3.05) is 0 Å². The predicted molar refractivity (Wildman–Crippen MR) is 190 cm³/mol. The number of hydrogen-bond donors (Lipinski definition) is 0. The molecule has 0 radical (unpaired) electrons. The lowest BCUT2D eigenvalue weighted by atomic mass is 9.74. The first-order chi connectivity index (χ1) is 23.1. The van der Waals surface area contributed by atoms with E-state index in [0.29, 0.717) is 17.5 Å². The van der Waals surface area contributed by atoms with Gasteiger partial charge in [0.25, 0.3) is 0 Å². The Morgan fingerprint density at radius 1 is 0.489 bits per heavy atom. The van der Waals surface area contributed by atoms with E-state index in [2.05, 4.69) is 85.1 Å². The SMILES string of the molecule is CC1(C)c2cc(-c3nc(-c4ccccc4)nc(-c4ccccc4)n3)ccc2-n2c3c1cccc3c1ccc3oc4ccccc4c3c12. The van der Waals surface area contributed by atoms with Gasteiger partial charge in [-0.25, -0.2) is 15.0 Å². The lowest BCUT2D eigenvalue weighted by Gasteiger charge is -2.35. The van der Waals surface area contributed by atoms with Crippen LogP contribution in [0.4, 0.5) is 0 Å². The van der Waals surface area contributed by atoms with Gasteiger partial charge in [-0.1, -0.05) is 111 Å². The van der Waals surface area contributed by atoms with E-state index in [4.69, 9.17) is 19.4 Å². The highest BCUT2D eigenvalue weighted by Gasteiger charge is 2.36. The minimum atomic E-state index is -0.273. The number of furan rings is 1. The lowest BCUT2D eigenvalue weighted by molar-refractivity contribution is 0.630. The average Bonchev–Trinajstić information content (AvgIpc) is 3.67. The van der Waals surface area contributed by atoms with Gasteiger partial charge >= 0.3 is 0 Å². The third-order valence-electron chi connectivity index (χ3n) is 9.83. The Hall–Kier alpha value is -6.07. The fourth-order valence-corrected chi connectivity index (χ4v) is 7.56. The van der Waals surface area contributed by atoms with Crippen LogP contribution in [-0.2, 0) is 5.41 Å². The molecule has 0 unspecified atom stereocenters. The summed E-state index contributed by atoms with van der Waals surface area (Å²) in [5.74, 6) is 1.97. The summed E-state index contributed by atoms with van der Waals surface area (Å²) in [5, 5.41) is 4.76. The van der Waals surface area contributed by atoms with Crippen LogP contribution in [0.2, 0.25) is 0 Å². The Morgan fingerprint density at radius 2 is 1.11 bits per heavy atom. The molecule has 6 aromatic carbocycles. The fraction of sp³-hybridized carbons (Fsp3) is 0.0714. The zero-order valence-electron chi connectivity index (χ0n) is 25.9. The number of para-hydroxylation sites is 2. The molecule has 9 aromatic rings. The molecular weight excluding hydrogens is 576 g/mol. The third kappa shape index (κ3) is 3.68. The maximum atomic E-state index is 6.37. The number of benzene rings is 6. The van der Waals surface area contributed by atoms with Gasteiger partial charge in [0.05, 0.1) is 22.1 Å². The Bertz CT molecular complexity index is 2640. The van der Waals surface area contributed by atoms with Gasteiger partial charge in [0.1, 0.15) is 11.2 Å². The molecule has 0 N–H and O–H groups in total. The molecule has 0 saturated heterocycles. The Morgan fingerprint density at radius 3 is 1.83 bits per heavy atom. The lowest BCUT2D eigenvalue weighted by Crippen LogP contribution is -2.26. The quantitative estimate of drug-likeness (QED) is 0.201. The van der Waals surface area contributed by atoms with Gasteiger partial charge in [-0.2, -0.15) is 0 Å². The minimum absolute atomic E-state index is 0.273. The van der Waals surface area contributed by atoms with Crippen molar-refractivity contribution in [2.45, 2.75) is 19.3 Å². The molecule has 0 bridgehead atoms. The molecule has 0 spiro atoms. The van der Waals surface area contributed by atoms with Gasteiger partial charge in [0.2, 0.25) is 0 Å². The van der Waals surface area contributed by atoms with Gasteiger partial charge in [0, 0.05) is 38.3 Å². The first kappa shape index (κ1) is 26.2. The highest BCUT2D eigenvalue weighted by atomic mass is 16.3. The molecule has 4 heterocycles. The second-order valence-corrected chi connectivity index (χ2v) is 12.9. The molecule has 0 atom stereocenters. The van der Waals surface area contributed by atoms with Crippen molar-refractivity contribution in [3.8, 4) is 39.9 Å². The van der Waals surface area contributed by atoms with Crippen molar-refractivity contribution < 1.29 is 4.42 Å². The summed E-state index contributed by atoms with van der Waals surface area (Å²) in [7, 11) is 0. The van der Waals surface area contributed by atoms with Crippen LogP contribution in [0.25, 0.3) is 83.6 Å². The third-order valence-corrected chi connectivity index (χ3v) is 9.83. The highest BCUT2D eigenvalue weighted by molar-refractivity contribution is 6.25.